The van der Waals surface area contributed by atoms with Gasteiger partial charge in [0.05, 0.1) is 4.87 Å². The zero-order valence-electron chi connectivity index (χ0n) is 13.8. The molecule has 1 N–H and O–H groups in total. The van der Waals surface area contributed by atoms with Gasteiger partial charge in [0, 0.05) is 18.7 Å². The Morgan fingerprint density at radius 3 is 2.84 bits per heavy atom. The molecule has 0 saturated carbocycles. The maximum Gasteiger partial charge on any atom is 0.330 e. The summed E-state index contributed by atoms with van der Waals surface area (Å²) in [5, 5.41) is 2.60. The Labute approximate surface area is 149 Å². The highest BCUT2D eigenvalue weighted by Crippen LogP contribution is 2.47. The van der Waals surface area contributed by atoms with Crippen molar-refractivity contribution in [2.75, 3.05) is 12.4 Å². The Balaban J connectivity index is 1.46. The number of carbonyl (C=O) groups excluding carboxylic acids is 3. The quantitative estimate of drug-likeness (QED) is 0.798. The van der Waals surface area contributed by atoms with Gasteiger partial charge in [-0.05, 0) is 31.0 Å². The van der Waals surface area contributed by atoms with Crippen LogP contribution >= 0.6 is 11.8 Å². The standard InChI is InChI=1S/C17H19FN2O4S/c1-17-7-6-15(22)20(17)13(10-25-17)16(23)24-9-14(21)19-8-11-2-4-12(18)5-3-11/h2-5,13H,6-10H2,1H3,(H,19,21)/t13-,17-/m1/s1. The Kier molecular flexibility index (Phi) is 4.99. The van der Waals surface area contributed by atoms with Crippen LogP contribution in [0.25, 0.3) is 0 Å². The summed E-state index contributed by atoms with van der Waals surface area (Å²) >= 11 is 1.57. The molecule has 0 radical (unpaired) electrons. The molecule has 0 unspecified atom stereocenters. The van der Waals surface area contributed by atoms with Gasteiger partial charge in [0.2, 0.25) is 5.91 Å². The maximum atomic E-state index is 12.8. The van der Waals surface area contributed by atoms with E-state index >= 15 is 0 Å². The molecule has 2 aliphatic heterocycles. The first-order chi connectivity index (χ1) is 11.9. The van der Waals surface area contributed by atoms with Gasteiger partial charge in [-0.25, -0.2) is 9.18 Å². The average Bonchev–Trinajstić information content (AvgIpc) is 3.08. The number of fused-ring (bicyclic) bond motifs is 1. The monoisotopic (exact) mass is 366 g/mol. The molecule has 0 aliphatic carbocycles. The molecule has 2 saturated heterocycles. The number of thioether (sulfide) groups is 1. The van der Waals surface area contributed by atoms with Gasteiger partial charge in [0.15, 0.2) is 6.61 Å². The van der Waals surface area contributed by atoms with Crippen molar-refractivity contribution in [2.45, 2.75) is 37.2 Å². The van der Waals surface area contributed by atoms with E-state index in [1.54, 1.807) is 28.8 Å². The number of ether oxygens (including phenoxy) is 1. The largest absolute Gasteiger partial charge is 0.454 e. The fraction of sp³-hybridized carbons (Fsp3) is 0.471. The lowest BCUT2D eigenvalue weighted by molar-refractivity contribution is -0.156. The summed E-state index contributed by atoms with van der Waals surface area (Å²) in [6.07, 6.45) is 1.16. The molecule has 1 aromatic carbocycles. The molecule has 2 fully saturated rings. The summed E-state index contributed by atoms with van der Waals surface area (Å²) < 4.78 is 17.9. The van der Waals surface area contributed by atoms with E-state index in [4.69, 9.17) is 4.74 Å². The van der Waals surface area contributed by atoms with E-state index in [0.717, 1.165) is 12.0 Å². The van der Waals surface area contributed by atoms with Crippen LogP contribution in [0.3, 0.4) is 0 Å². The second-order valence-electron chi connectivity index (χ2n) is 6.28. The van der Waals surface area contributed by atoms with E-state index in [1.165, 1.54) is 12.1 Å². The third-order valence-electron chi connectivity index (χ3n) is 4.47. The smallest absolute Gasteiger partial charge is 0.330 e. The highest BCUT2D eigenvalue weighted by molar-refractivity contribution is 8.01. The van der Waals surface area contributed by atoms with Crippen molar-refractivity contribution in [1.82, 2.24) is 10.2 Å². The molecule has 0 aromatic heterocycles. The van der Waals surface area contributed by atoms with E-state index in [2.05, 4.69) is 5.32 Å². The number of hydrogen-bond acceptors (Lipinski definition) is 5. The Morgan fingerprint density at radius 2 is 2.12 bits per heavy atom. The van der Waals surface area contributed by atoms with Crippen LogP contribution in [-0.4, -0.2) is 46.0 Å². The van der Waals surface area contributed by atoms with E-state index in [9.17, 15) is 18.8 Å². The number of hydrogen-bond donors (Lipinski definition) is 1. The van der Waals surface area contributed by atoms with Crippen LogP contribution in [0, 0.1) is 5.82 Å². The highest BCUT2D eigenvalue weighted by atomic mass is 32.2. The highest BCUT2D eigenvalue weighted by Gasteiger charge is 2.53. The van der Waals surface area contributed by atoms with E-state index in [1.807, 2.05) is 6.92 Å². The summed E-state index contributed by atoms with van der Waals surface area (Å²) in [4.78, 5) is 37.3. The first-order valence-corrected chi connectivity index (χ1v) is 9.01. The molecule has 6 nitrogen and oxygen atoms in total. The Hall–Kier alpha value is -2.09. The van der Waals surface area contributed by atoms with Crippen molar-refractivity contribution in [3.05, 3.63) is 35.6 Å². The molecule has 0 bridgehead atoms. The van der Waals surface area contributed by atoms with Gasteiger partial charge >= 0.3 is 5.97 Å². The normalized spacial score (nSPS) is 25.0. The Bertz CT molecular complexity index is 696. The zero-order chi connectivity index (χ0) is 18.0. The summed E-state index contributed by atoms with van der Waals surface area (Å²) in [6.45, 7) is 1.77. The zero-order valence-corrected chi connectivity index (χ0v) is 14.6. The number of benzene rings is 1. The first kappa shape index (κ1) is 17.7. The van der Waals surface area contributed by atoms with Gasteiger partial charge in [0.25, 0.3) is 5.91 Å². The van der Waals surface area contributed by atoms with Crippen molar-refractivity contribution < 1.29 is 23.5 Å². The molecule has 25 heavy (non-hydrogen) atoms. The number of nitrogens with zero attached hydrogens (tertiary/aromatic N) is 1. The molecule has 0 spiro atoms. The van der Waals surface area contributed by atoms with Gasteiger partial charge in [-0.3, -0.25) is 9.59 Å². The number of esters is 1. The van der Waals surface area contributed by atoms with Crippen molar-refractivity contribution in [2.24, 2.45) is 0 Å². The van der Waals surface area contributed by atoms with Gasteiger partial charge in [-0.2, -0.15) is 0 Å². The van der Waals surface area contributed by atoms with E-state index in [-0.39, 0.29) is 23.1 Å². The lowest BCUT2D eigenvalue weighted by atomic mass is 10.2. The van der Waals surface area contributed by atoms with Crippen molar-refractivity contribution in [3.63, 3.8) is 0 Å². The molecule has 2 aliphatic rings. The maximum absolute atomic E-state index is 12.8. The summed E-state index contributed by atoms with van der Waals surface area (Å²) in [5.41, 5.74) is 0.742. The van der Waals surface area contributed by atoms with Crippen LogP contribution in [0.4, 0.5) is 4.39 Å². The van der Waals surface area contributed by atoms with Crippen molar-refractivity contribution >= 4 is 29.5 Å². The topological polar surface area (TPSA) is 75.7 Å². The summed E-state index contributed by atoms with van der Waals surface area (Å²) in [5.74, 6) is -0.905. The second-order valence-corrected chi connectivity index (χ2v) is 7.78. The summed E-state index contributed by atoms with van der Waals surface area (Å²) in [7, 11) is 0. The lowest BCUT2D eigenvalue weighted by Gasteiger charge is -2.29. The van der Waals surface area contributed by atoms with Crippen LogP contribution < -0.4 is 5.32 Å². The molecule has 2 atom stereocenters. The predicted molar refractivity (Wildman–Crippen MR) is 89.9 cm³/mol. The molecule has 134 valence electrons. The van der Waals surface area contributed by atoms with Crippen molar-refractivity contribution in [3.8, 4) is 0 Å². The van der Waals surface area contributed by atoms with Crippen molar-refractivity contribution in [1.29, 1.82) is 0 Å². The predicted octanol–water partition coefficient (Wildman–Crippen LogP) is 1.44. The third-order valence-corrected chi connectivity index (χ3v) is 5.97. The number of rotatable bonds is 5. The molecule has 3 rings (SSSR count). The van der Waals surface area contributed by atoms with Crippen LogP contribution in [0.1, 0.15) is 25.3 Å². The minimum Gasteiger partial charge on any atom is -0.454 e. The van der Waals surface area contributed by atoms with E-state index in [0.29, 0.717) is 12.2 Å². The minimum absolute atomic E-state index is 0.0461. The molecule has 2 amide bonds. The van der Waals surface area contributed by atoms with Gasteiger partial charge in [0.1, 0.15) is 11.9 Å². The lowest BCUT2D eigenvalue weighted by Crippen LogP contribution is -2.47. The first-order valence-electron chi connectivity index (χ1n) is 8.03. The fourth-order valence-corrected chi connectivity index (χ4v) is 4.50. The molecule has 8 heteroatoms. The minimum atomic E-state index is -0.630. The molecular formula is C17H19FN2O4S. The van der Waals surface area contributed by atoms with Crippen LogP contribution in [0.5, 0.6) is 0 Å². The second kappa shape index (κ2) is 7.03. The number of amides is 2. The fourth-order valence-electron chi connectivity index (χ4n) is 3.08. The van der Waals surface area contributed by atoms with E-state index < -0.39 is 24.5 Å². The number of halogens is 1. The molecule has 1 aromatic rings. The van der Waals surface area contributed by atoms with Gasteiger partial charge in [-0.15, -0.1) is 11.8 Å². The van der Waals surface area contributed by atoms with Crippen LogP contribution in [-0.2, 0) is 25.7 Å². The molecular weight excluding hydrogens is 347 g/mol. The average molecular weight is 366 g/mol. The van der Waals surface area contributed by atoms with Crippen LogP contribution in [0.15, 0.2) is 24.3 Å². The van der Waals surface area contributed by atoms with Gasteiger partial charge in [-0.1, -0.05) is 12.1 Å². The number of carbonyl (C=O) groups is 3. The Morgan fingerprint density at radius 1 is 1.40 bits per heavy atom. The molecule has 2 heterocycles. The SMILES string of the molecule is C[C@@]12CCC(=O)N1[C@@H](C(=O)OCC(=O)NCc1ccc(F)cc1)CS2. The van der Waals surface area contributed by atoms with Gasteiger partial charge < -0.3 is 15.0 Å². The summed E-state index contributed by atoms with van der Waals surface area (Å²) in [6, 6.07) is 5.12. The third kappa shape index (κ3) is 3.78. The number of nitrogens with one attached hydrogen (secondary N) is 1. The van der Waals surface area contributed by atoms with Crippen LogP contribution in [0.2, 0.25) is 0 Å².